The number of hydrogen-bond donors (Lipinski definition) is 1. The largest absolute Gasteiger partial charge is 0.481 e. The van der Waals surface area contributed by atoms with Crippen molar-refractivity contribution in [3.8, 4) is 0 Å². The zero-order valence-corrected chi connectivity index (χ0v) is 10.2. The second-order valence-corrected chi connectivity index (χ2v) is 4.43. The number of likely N-dealkylation sites (N-methyl/N-ethyl adjacent to an activating group) is 1. The summed E-state index contributed by atoms with van der Waals surface area (Å²) in [6, 6.07) is 9.32. The number of nitrogens with zero attached hydrogens (tertiary/aromatic N) is 2. The molecule has 5 heteroatoms. The summed E-state index contributed by atoms with van der Waals surface area (Å²) in [5.74, 6) is -0.825. The Bertz CT molecular complexity index is 447. The summed E-state index contributed by atoms with van der Waals surface area (Å²) in [5.41, 5.74) is 0.854. The van der Waals surface area contributed by atoms with Gasteiger partial charge in [0, 0.05) is 25.7 Å². The predicted octanol–water partition coefficient (Wildman–Crippen LogP) is 1.79. The molecule has 0 radical (unpaired) electrons. The van der Waals surface area contributed by atoms with Crippen molar-refractivity contribution in [2.24, 2.45) is 0 Å². The van der Waals surface area contributed by atoms with Gasteiger partial charge in [0.15, 0.2) is 0 Å². The first-order valence-electron chi connectivity index (χ1n) is 5.91. The third kappa shape index (κ3) is 2.45. The fourth-order valence-electron chi connectivity index (χ4n) is 2.16. The van der Waals surface area contributed by atoms with E-state index in [0.717, 1.165) is 5.69 Å². The van der Waals surface area contributed by atoms with Crippen molar-refractivity contribution in [3.63, 3.8) is 0 Å². The van der Waals surface area contributed by atoms with Crippen molar-refractivity contribution in [1.29, 1.82) is 0 Å². The summed E-state index contributed by atoms with van der Waals surface area (Å²) in [6.45, 7) is 0.548. The summed E-state index contributed by atoms with van der Waals surface area (Å²) in [4.78, 5) is 26.0. The van der Waals surface area contributed by atoms with Crippen LogP contribution in [0.15, 0.2) is 30.3 Å². The van der Waals surface area contributed by atoms with E-state index < -0.39 is 5.97 Å². The highest BCUT2D eigenvalue weighted by Gasteiger charge is 2.35. The summed E-state index contributed by atoms with van der Waals surface area (Å²) in [7, 11) is 1.72. The number of carboxylic acid groups (broad SMARTS) is 1. The van der Waals surface area contributed by atoms with Gasteiger partial charge < -0.3 is 10.0 Å². The zero-order valence-electron chi connectivity index (χ0n) is 10.2. The molecule has 1 atom stereocenters. The van der Waals surface area contributed by atoms with Crippen LogP contribution < -0.4 is 4.90 Å². The van der Waals surface area contributed by atoms with Crippen LogP contribution in [0, 0.1) is 0 Å². The van der Waals surface area contributed by atoms with E-state index in [2.05, 4.69) is 0 Å². The molecular formula is C13H16N2O3. The highest BCUT2D eigenvalue weighted by Crippen LogP contribution is 2.24. The van der Waals surface area contributed by atoms with Crippen molar-refractivity contribution in [2.45, 2.75) is 18.9 Å². The van der Waals surface area contributed by atoms with E-state index in [-0.39, 0.29) is 18.5 Å². The number of carbonyl (C=O) groups excluding carboxylic acids is 1. The number of hydrogen-bond acceptors (Lipinski definition) is 2. The summed E-state index contributed by atoms with van der Waals surface area (Å²) in [6.07, 6.45) is 0.575. The quantitative estimate of drug-likeness (QED) is 0.883. The highest BCUT2D eigenvalue weighted by atomic mass is 16.4. The van der Waals surface area contributed by atoms with Crippen LogP contribution in [-0.2, 0) is 4.79 Å². The average Bonchev–Trinajstić information content (AvgIpc) is 2.65. The molecule has 0 aromatic heterocycles. The van der Waals surface area contributed by atoms with Gasteiger partial charge in [-0.15, -0.1) is 0 Å². The highest BCUT2D eigenvalue weighted by molar-refractivity contribution is 5.94. The van der Waals surface area contributed by atoms with E-state index in [1.807, 2.05) is 30.3 Å². The van der Waals surface area contributed by atoms with Crippen LogP contribution in [0.5, 0.6) is 0 Å². The van der Waals surface area contributed by atoms with E-state index in [9.17, 15) is 9.59 Å². The Hall–Kier alpha value is -2.04. The van der Waals surface area contributed by atoms with E-state index in [1.165, 1.54) is 0 Å². The molecule has 1 aliphatic heterocycles. The Balaban J connectivity index is 2.07. The van der Waals surface area contributed by atoms with Gasteiger partial charge in [0.2, 0.25) is 0 Å². The van der Waals surface area contributed by atoms with Crippen molar-refractivity contribution >= 4 is 17.7 Å². The molecule has 1 aromatic rings. The average molecular weight is 248 g/mol. The number of para-hydroxylation sites is 1. The predicted molar refractivity (Wildman–Crippen MR) is 67.6 cm³/mol. The van der Waals surface area contributed by atoms with Crippen LogP contribution in [0.2, 0.25) is 0 Å². The first kappa shape index (κ1) is 12.4. The van der Waals surface area contributed by atoms with E-state index in [1.54, 1.807) is 16.8 Å². The molecule has 1 saturated heterocycles. The van der Waals surface area contributed by atoms with Gasteiger partial charge in [0.25, 0.3) is 0 Å². The van der Waals surface area contributed by atoms with Crippen LogP contribution in [0.4, 0.5) is 10.5 Å². The maximum atomic E-state index is 12.1. The smallest absolute Gasteiger partial charge is 0.324 e. The summed E-state index contributed by atoms with van der Waals surface area (Å²) < 4.78 is 0. The molecule has 2 rings (SSSR count). The molecule has 0 aliphatic carbocycles. The van der Waals surface area contributed by atoms with Crippen LogP contribution in [-0.4, -0.2) is 41.6 Å². The third-order valence-electron chi connectivity index (χ3n) is 3.23. The first-order valence-corrected chi connectivity index (χ1v) is 5.91. The van der Waals surface area contributed by atoms with Gasteiger partial charge >= 0.3 is 12.0 Å². The summed E-state index contributed by atoms with van der Waals surface area (Å²) >= 11 is 0. The molecule has 96 valence electrons. The molecule has 0 bridgehead atoms. The fourth-order valence-corrected chi connectivity index (χ4v) is 2.16. The standard InChI is InChI=1S/C13H16N2O3/c1-14-11(7-8-12(16)17)9-15(13(14)18)10-5-3-2-4-6-10/h2-6,11H,7-9H2,1H3,(H,16,17). The molecule has 1 fully saturated rings. The fraction of sp³-hybridized carbons (Fsp3) is 0.385. The van der Waals surface area contributed by atoms with Crippen LogP contribution >= 0.6 is 0 Å². The second kappa shape index (κ2) is 5.08. The number of carboxylic acids is 1. The minimum absolute atomic E-state index is 0.0335. The topological polar surface area (TPSA) is 60.9 Å². The molecule has 1 unspecified atom stereocenters. The van der Waals surface area contributed by atoms with Crippen molar-refractivity contribution in [2.75, 3.05) is 18.5 Å². The maximum absolute atomic E-state index is 12.1. The van der Waals surface area contributed by atoms with Gasteiger partial charge in [-0.3, -0.25) is 9.69 Å². The lowest BCUT2D eigenvalue weighted by Crippen LogP contribution is -2.31. The van der Waals surface area contributed by atoms with Crippen LogP contribution in [0.25, 0.3) is 0 Å². The van der Waals surface area contributed by atoms with E-state index in [0.29, 0.717) is 13.0 Å². The second-order valence-electron chi connectivity index (χ2n) is 4.43. The van der Waals surface area contributed by atoms with Gasteiger partial charge in [0.1, 0.15) is 0 Å². The Morgan fingerprint density at radius 1 is 1.39 bits per heavy atom. The molecule has 1 N–H and O–H groups in total. The SMILES string of the molecule is CN1C(=O)N(c2ccccc2)CC1CCC(=O)O. The van der Waals surface area contributed by atoms with Gasteiger partial charge in [-0.1, -0.05) is 18.2 Å². The molecule has 5 nitrogen and oxygen atoms in total. The number of carbonyl (C=O) groups is 2. The van der Waals surface area contributed by atoms with Crippen molar-refractivity contribution in [1.82, 2.24) is 4.90 Å². The lowest BCUT2D eigenvalue weighted by atomic mass is 10.1. The minimum Gasteiger partial charge on any atom is -0.481 e. The van der Waals surface area contributed by atoms with Crippen molar-refractivity contribution in [3.05, 3.63) is 30.3 Å². The number of benzene rings is 1. The zero-order chi connectivity index (χ0) is 13.1. The molecule has 0 saturated carbocycles. The number of urea groups is 1. The normalized spacial score (nSPS) is 19.4. The Morgan fingerprint density at radius 2 is 2.06 bits per heavy atom. The molecule has 2 amide bonds. The molecule has 1 heterocycles. The lowest BCUT2D eigenvalue weighted by Gasteiger charge is -2.16. The van der Waals surface area contributed by atoms with Gasteiger partial charge in [0.05, 0.1) is 6.04 Å². The summed E-state index contributed by atoms with van der Waals surface area (Å²) in [5, 5.41) is 8.69. The van der Waals surface area contributed by atoms with E-state index >= 15 is 0 Å². The lowest BCUT2D eigenvalue weighted by molar-refractivity contribution is -0.137. The number of aliphatic carboxylic acids is 1. The Kier molecular flexibility index (Phi) is 3.50. The molecule has 1 aliphatic rings. The third-order valence-corrected chi connectivity index (χ3v) is 3.23. The molecule has 18 heavy (non-hydrogen) atoms. The monoisotopic (exact) mass is 248 g/mol. The number of rotatable bonds is 4. The van der Waals surface area contributed by atoms with Crippen LogP contribution in [0.3, 0.4) is 0 Å². The molecule has 1 aromatic carbocycles. The van der Waals surface area contributed by atoms with Crippen molar-refractivity contribution < 1.29 is 14.7 Å². The maximum Gasteiger partial charge on any atom is 0.324 e. The van der Waals surface area contributed by atoms with Crippen LogP contribution in [0.1, 0.15) is 12.8 Å². The van der Waals surface area contributed by atoms with Gasteiger partial charge in [-0.25, -0.2) is 4.79 Å². The number of anilines is 1. The minimum atomic E-state index is -0.825. The first-order chi connectivity index (χ1) is 8.59. The number of amides is 2. The Labute approximate surface area is 106 Å². The Morgan fingerprint density at radius 3 is 2.67 bits per heavy atom. The van der Waals surface area contributed by atoms with Gasteiger partial charge in [-0.05, 0) is 18.6 Å². The van der Waals surface area contributed by atoms with E-state index in [4.69, 9.17) is 5.11 Å². The molecule has 0 spiro atoms. The molecular weight excluding hydrogens is 232 g/mol. The van der Waals surface area contributed by atoms with Gasteiger partial charge in [-0.2, -0.15) is 0 Å².